The van der Waals surface area contributed by atoms with Gasteiger partial charge in [0.15, 0.2) is 0 Å². The Labute approximate surface area is 387 Å². The van der Waals surface area contributed by atoms with Gasteiger partial charge in [-0.15, -0.1) is 0 Å². The molecule has 10 fully saturated rings. The average Bonchev–Trinajstić information content (AvgIpc) is 3.32. The van der Waals surface area contributed by atoms with Gasteiger partial charge in [0.1, 0.15) is 11.6 Å². The van der Waals surface area contributed by atoms with Crippen molar-refractivity contribution in [2.45, 2.75) is 114 Å². The number of piperidine rings is 2. The number of carbonyl (C=O) groups excluding carboxylic acids is 2. The summed E-state index contributed by atoms with van der Waals surface area (Å²) in [6.45, 7) is 2.85. The number of rotatable bonds is 8. The number of amides is 2. The van der Waals surface area contributed by atoms with Crippen LogP contribution in [0.5, 0.6) is 0 Å². The van der Waals surface area contributed by atoms with Crippen LogP contribution in [-0.4, -0.2) is 82.5 Å². The molecule has 10 nitrogen and oxygen atoms in total. The van der Waals surface area contributed by atoms with E-state index in [9.17, 15) is 19.8 Å². The highest BCUT2D eigenvalue weighted by Crippen LogP contribution is 2.61. The van der Waals surface area contributed by atoms with Gasteiger partial charge in [0.05, 0.1) is 34.4 Å². The first-order valence-electron chi connectivity index (χ1n) is 24.9. The Morgan fingerprint density at radius 2 is 0.924 bits per heavy atom. The zero-order valence-corrected chi connectivity index (χ0v) is 37.8. The Balaban J connectivity index is 0.000000146. The number of pyridine rings is 2. The Kier molecular flexibility index (Phi) is 11.6. The molecule has 4 N–H and O–H groups in total. The number of aliphatic hydroxyl groups is 2. The highest BCUT2D eigenvalue weighted by Gasteiger charge is 2.59. The monoisotopic (exact) mass is 898 g/mol. The predicted octanol–water partition coefficient (Wildman–Crippen LogP) is 8.32. The SMILES string of the molecule is O=C(N[C@H]1CCCN(c2ccc(-c3ccncc3)cc2F)C1)C12CC3CC(C1)C(O)C(C3)C2.O=C(N[C@H]1CCCN(c2ccc(-c3ccncc3)cc2F)C1)C12CC3CC(C1)C(O)C(C3)C2. The third-order valence-electron chi connectivity index (χ3n) is 17.5. The molecule has 2 aromatic heterocycles. The largest absolute Gasteiger partial charge is 0.393 e. The van der Waals surface area contributed by atoms with Gasteiger partial charge in [-0.25, -0.2) is 8.78 Å². The zero-order chi connectivity index (χ0) is 45.2. The minimum Gasteiger partial charge on any atom is -0.393 e. The van der Waals surface area contributed by atoms with Crippen LogP contribution in [0.25, 0.3) is 22.3 Å². The molecule has 4 aromatic rings. The van der Waals surface area contributed by atoms with Crippen molar-refractivity contribution in [3.8, 4) is 22.3 Å². The number of anilines is 2. The molecule has 348 valence electrons. The van der Waals surface area contributed by atoms with Crippen LogP contribution in [0, 0.1) is 58.0 Å². The maximum absolute atomic E-state index is 15.1. The van der Waals surface area contributed by atoms with E-state index >= 15 is 8.78 Å². The molecular formula is C54H64F2N6O4. The van der Waals surface area contributed by atoms with Gasteiger partial charge < -0.3 is 30.6 Å². The second-order valence-electron chi connectivity index (χ2n) is 21.8. The van der Waals surface area contributed by atoms with Gasteiger partial charge in [-0.1, -0.05) is 12.1 Å². The van der Waals surface area contributed by atoms with Gasteiger partial charge in [-0.2, -0.15) is 0 Å². The second-order valence-corrected chi connectivity index (χ2v) is 21.8. The lowest BCUT2D eigenvalue weighted by Gasteiger charge is -2.58. The minimum absolute atomic E-state index is 0.0310. The van der Waals surface area contributed by atoms with E-state index in [1.165, 1.54) is 0 Å². The number of carbonyl (C=O) groups is 2. The van der Waals surface area contributed by atoms with E-state index in [2.05, 4.69) is 30.4 Å². The van der Waals surface area contributed by atoms with E-state index < -0.39 is 0 Å². The summed E-state index contributed by atoms with van der Waals surface area (Å²) < 4.78 is 30.2. The van der Waals surface area contributed by atoms with Crippen LogP contribution < -0.4 is 20.4 Å². The van der Waals surface area contributed by atoms with E-state index in [4.69, 9.17) is 0 Å². The van der Waals surface area contributed by atoms with Crippen LogP contribution >= 0.6 is 0 Å². The van der Waals surface area contributed by atoms with Crippen molar-refractivity contribution in [1.82, 2.24) is 20.6 Å². The summed E-state index contributed by atoms with van der Waals surface area (Å²) in [5, 5.41) is 27.8. The van der Waals surface area contributed by atoms with Crippen molar-refractivity contribution in [2.75, 3.05) is 36.0 Å². The van der Waals surface area contributed by atoms with Crippen LogP contribution in [0.15, 0.2) is 85.5 Å². The van der Waals surface area contributed by atoms with Gasteiger partial charge in [0, 0.05) is 63.1 Å². The van der Waals surface area contributed by atoms with Crippen LogP contribution in [0.4, 0.5) is 20.2 Å². The van der Waals surface area contributed by atoms with Crippen molar-refractivity contribution in [2.24, 2.45) is 46.3 Å². The molecule has 8 bridgehead atoms. The Hall–Kier alpha value is -4.94. The number of benzene rings is 2. The zero-order valence-electron chi connectivity index (χ0n) is 37.8. The molecule has 4 heterocycles. The molecule has 0 radical (unpaired) electrons. The molecular weight excluding hydrogens is 835 g/mol. The molecule has 6 atom stereocenters. The van der Waals surface area contributed by atoms with Crippen LogP contribution in [-0.2, 0) is 9.59 Å². The number of nitrogens with one attached hydrogen (secondary N) is 2. The number of hydrogen-bond acceptors (Lipinski definition) is 8. The summed E-state index contributed by atoms with van der Waals surface area (Å²) in [6.07, 6.45) is 19.7. The highest BCUT2D eigenvalue weighted by molar-refractivity contribution is 5.84. The summed E-state index contributed by atoms with van der Waals surface area (Å²) >= 11 is 0. The molecule has 2 saturated heterocycles. The number of halogens is 2. The molecule has 12 heteroatoms. The van der Waals surface area contributed by atoms with Gasteiger partial charge in [0.2, 0.25) is 11.8 Å². The van der Waals surface area contributed by atoms with Crippen LogP contribution in [0.1, 0.15) is 89.9 Å². The lowest BCUT2D eigenvalue weighted by Crippen LogP contribution is -2.60. The highest BCUT2D eigenvalue weighted by atomic mass is 19.1. The van der Waals surface area contributed by atoms with Crippen molar-refractivity contribution in [3.63, 3.8) is 0 Å². The van der Waals surface area contributed by atoms with E-state index in [0.29, 0.717) is 36.3 Å². The normalized spacial score (nSPS) is 35.0. The lowest BCUT2D eigenvalue weighted by molar-refractivity contribution is -0.164. The standard InChI is InChI=1S/2C27H32FN3O2/c2*28-23-12-19(18-5-7-29-8-6-18)3-4-24(23)31-9-1-2-22(16-31)30-26(33)27-13-17-10-20(14-27)25(32)21(11-17)15-27/h2*3-8,12,17,20-22,25,32H,1-2,9-11,13-16H2,(H,30,33)/t2*17?,20?,21?,22-,25?,27?/m00/s1. The quantitative estimate of drug-likeness (QED) is 0.139. The predicted molar refractivity (Wildman–Crippen MR) is 250 cm³/mol. The third-order valence-corrected chi connectivity index (χ3v) is 17.5. The first-order valence-corrected chi connectivity index (χ1v) is 24.9. The van der Waals surface area contributed by atoms with Gasteiger partial charge in [0.25, 0.3) is 0 Å². The molecule has 2 aliphatic heterocycles. The smallest absolute Gasteiger partial charge is 0.226 e. The van der Waals surface area contributed by atoms with E-state index in [1.54, 1.807) is 36.9 Å². The fraction of sp³-hybridized carbons (Fsp3) is 0.556. The molecule has 14 rings (SSSR count). The minimum atomic E-state index is -0.296. The fourth-order valence-electron chi connectivity index (χ4n) is 14.8. The Morgan fingerprint density at radius 3 is 1.29 bits per heavy atom. The molecule has 10 aliphatic rings. The first-order chi connectivity index (χ1) is 32.0. The van der Waals surface area contributed by atoms with Crippen molar-refractivity contribution >= 4 is 23.2 Å². The third kappa shape index (κ3) is 8.28. The van der Waals surface area contributed by atoms with E-state index in [0.717, 1.165) is 125 Å². The molecule has 8 aliphatic carbocycles. The number of hydrogen-bond donors (Lipinski definition) is 4. The maximum atomic E-state index is 15.1. The summed E-state index contributed by atoms with van der Waals surface area (Å²) in [5.41, 5.74) is 4.17. The van der Waals surface area contributed by atoms with Crippen molar-refractivity contribution < 1.29 is 28.6 Å². The van der Waals surface area contributed by atoms with E-state index in [-0.39, 0.29) is 82.2 Å². The van der Waals surface area contributed by atoms with Gasteiger partial charge in [-0.05, 0) is 196 Å². The molecule has 66 heavy (non-hydrogen) atoms. The van der Waals surface area contributed by atoms with Crippen molar-refractivity contribution in [1.29, 1.82) is 0 Å². The summed E-state index contributed by atoms with van der Waals surface area (Å²) in [5.74, 6) is 2.23. The Morgan fingerprint density at radius 1 is 0.545 bits per heavy atom. The maximum Gasteiger partial charge on any atom is 0.226 e. The summed E-state index contributed by atoms with van der Waals surface area (Å²) in [7, 11) is 0. The first kappa shape index (κ1) is 43.6. The van der Waals surface area contributed by atoms with Gasteiger partial charge in [-0.3, -0.25) is 19.6 Å². The second kappa shape index (κ2) is 17.6. The van der Waals surface area contributed by atoms with Crippen LogP contribution in [0.3, 0.4) is 0 Å². The fourth-order valence-corrected chi connectivity index (χ4v) is 14.8. The van der Waals surface area contributed by atoms with E-state index in [1.807, 2.05) is 48.5 Å². The topological polar surface area (TPSA) is 131 Å². The Bertz CT molecular complexity index is 2220. The van der Waals surface area contributed by atoms with Gasteiger partial charge >= 0.3 is 0 Å². The molecule has 0 spiro atoms. The molecule has 2 aromatic carbocycles. The number of aromatic nitrogens is 2. The molecule has 8 saturated carbocycles. The molecule has 2 amide bonds. The average molecular weight is 899 g/mol. The van der Waals surface area contributed by atoms with Crippen molar-refractivity contribution in [3.05, 3.63) is 97.1 Å². The summed E-state index contributed by atoms with van der Waals surface area (Å²) in [4.78, 5) is 39.2. The number of aliphatic hydroxyl groups excluding tert-OH is 2. The lowest BCUT2D eigenvalue weighted by atomic mass is 9.48. The number of nitrogens with zero attached hydrogens (tertiary/aromatic N) is 4. The molecule has 4 unspecified atom stereocenters. The summed E-state index contributed by atoms with van der Waals surface area (Å²) in [6, 6.07) is 18.4. The van der Waals surface area contributed by atoms with Crippen LogP contribution in [0.2, 0.25) is 0 Å².